The number of hydrogen-bond donors (Lipinski definition) is 2. The van der Waals surface area contributed by atoms with Crippen molar-refractivity contribution in [2.45, 2.75) is 20.8 Å². The zero-order valence-electron chi connectivity index (χ0n) is 17.2. The highest BCUT2D eigenvalue weighted by atomic mass is 16.3. The normalized spacial score (nSPS) is 14.9. The van der Waals surface area contributed by atoms with Gasteiger partial charge >= 0.3 is 5.69 Å². The summed E-state index contributed by atoms with van der Waals surface area (Å²) < 4.78 is 0.991. The molecule has 0 aliphatic carbocycles. The van der Waals surface area contributed by atoms with Crippen LogP contribution in [0.3, 0.4) is 0 Å². The van der Waals surface area contributed by atoms with Crippen LogP contribution in [-0.2, 0) is 4.79 Å². The van der Waals surface area contributed by atoms with Gasteiger partial charge in [0.05, 0.1) is 22.7 Å². The number of anilines is 1. The summed E-state index contributed by atoms with van der Waals surface area (Å²) in [6, 6.07) is 14.2. The Morgan fingerprint density at radius 1 is 0.935 bits per heavy atom. The number of benzene rings is 2. The summed E-state index contributed by atoms with van der Waals surface area (Å²) in [4.78, 5) is 40.0. The molecule has 1 amide bonds. The van der Waals surface area contributed by atoms with E-state index in [0.29, 0.717) is 17.1 Å². The third kappa shape index (κ3) is 3.59. The van der Waals surface area contributed by atoms with Crippen LogP contribution in [0.25, 0.3) is 11.8 Å². The highest BCUT2D eigenvalue weighted by Gasteiger charge is 2.29. The number of amides is 1. The van der Waals surface area contributed by atoms with Gasteiger partial charge in [0.2, 0.25) is 5.88 Å². The van der Waals surface area contributed by atoms with Crippen LogP contribution in [-0.4, -0.2) is 26.3 Å². The van der Waals surface area contributed by atoms with Crippen molar-refractivity contribution < 1.29 is 9.90 Å². The lowest BCUT2D eigenvalue weighted by Crippen LogP contribution is -2.30. The molecule has 8 nitrogen and oxygen atoms in total. The minimum Gasteiger partial charge on any atom is -0.494 e. The average Bonchev–Trinajstić information content (AvgIpc) is 2.99. The second-order valence-electron chi connectivity index (χ2n) is 7.37. The first kappa shape index (κ1) is 20.1. The van der Waals surface area contributed by atoms with Crippen molar-refractivity contribution in [2.75, 3.05) is 5.01 Å². The van der Waals surface area contributed by atoms with Crippen molar-refractivity contribution >= 4 is 23.4 Å². The zero-order chi connectivity index (χ0) is 22.3. The molecule has 2 heterocycles. The predicted molar refractivity (Wildman–Crippen MR) is 119 cm³/mol. The first-order chi connectivity index (χ1) is 14.8. The second kappa shape index (κ2) is 7.56. The Morgan fingerprint density at radius 3 is 2.32 bits per heavy atom. The van der Waals surface area contributed by atoms with Crippen LogP contribution in [0.2, 0.25) is 0 Å². The molecule has 0 fully saturated rings. The van der Waals surface area contributed by atoms with E-state index in [9.17, 15) is 19.5 Å². The highest BCUT2D eigenvalue weighted by Crippen LogP contribution is 2.26. The minimum absolute atomic E-state index is 0.149. The van der Waals surface area contributed by atoms with Gasteiger partial charge in [-0.3, -0.25) is 14.6 Å². The molecule has 2 N–H and O–H groups in total. The van der Waals surface area contributed by atoms with E-state index in [1.807, 2.05) is 32.0 Å². The Morgan fingerprint density at radius 2 is 1.65 bits per heavy atom. The predicted octanol–water partition coefficient (Wildman–Crippen LogP) is 2.65. The molecule has 0 saturated heterocycles. The van der Waals surface area contributed by atoms with Crippen molar-refractivity contribution in [3.05, 3.63) is 91.6 Å². The molecule has 3 aromatic rings. The molecule has 1 aliphatic heterocycles. The van der Waals surface area contributed by atoms with E-state index in [4.69, 9.17) is 0 Å². The maximum Gasteiger partial charge on any atom is 0.335 e. The van der Waals surface area contributed by atoms with Gasteiger partial charge in [-0.1, -0.05) is 29.8 Å². The third-order valence-electron chi connectivity index (χ3n) is 5.01. The first-order valence-corrected chi connectivity index (χ1v) is 9.60. The molecule has 31 heavy (non-hydrogen) atoms. The van der Waals surface area contributed by atoms with Gasteiger partial charge in [-0.2, -0.15) is 10.1 Å². The number of hydrazone groups is 1. The number of nitrogens with one attached hydrogen (secondary N) is 1. The molecule has 0 atom stereocenters. The summed E-state index contributed by atoms with van der Waals surface area (Å²) >= 11 is 0. The molecular formula is C23H20N4O4. The van der Waals surface area contributed by atoms with Crippen LogP contribution in [0, 0.1) is 13.8 Å². The average molecular weight is 416 g/mol. The molecule has 1 aliphatic rings. The monoisotopic (exact) mass is 416 g/mol. The lowest BCUT2D eigenvalue weighted by molar-refractivity contribution is -0.114. The smallest absolute Gasteiger partial charge is 0.335 e. The minimum atomic E-state index is -0.798. The number of carbonyl (C=O) groups is 1. The molecule has 156 valence electrons. The third-order valence-corrected chi connectivity index (χ3v) is 5.01. The van der Waals surface area contributed by atoms with E-state index in [1.165, 1.54) is 11.1 Å². The van der Waals surface area contributed by atoms with E-state index < -0.39 is 23.0 Å². The van der Waals surface area contributed by atoms with Crippen molar-refractivity contribution in [2.24, 2.45) is 5.10 Å². The van der Waals surface area contributed by atoms with Gasteiger partial charge in [0.25, 0.3) is 11.5 Å². The molecule has 4 rings (SSSR count). The number of aromatic hydroxyl groups is 1. The molecule has 0 saturated carbocycles. The van der Waals surface area contributed by atoms with Crippen molar-refractivity contribution in [1.82, 2.24) is 9.55 Å². The van der Waals surface area contributed by atoms with Crippen LogP contribution < -0.4 is 16.3 Å². The Hall–Kier alpha value is -4.20. The number of rotatable bonds is 3. The maximum absolute atomic E-state index is 13.0. The van der Waals surface area contributed by atoms with E-state index in [0.717, 1.165) is 15.7 Å². The Kier molecular flexibility index (Phi) is 4.90. The van der Waals surface area contributed by atoms with Crippen LogP contribution in [0.4, 0.5) is 5.69 Å². The van der Waals surface area contributed by atoms with Crippen LogP contribution in [0.1, 0.15) is 23.6 Å². The Balaban J connectivity index is 1.82. The molecule has 8 heteroatoms. The van der Waals surface area contributed by atoms with E-state index >= 15 is 0 Å². The van der Waals surface area contributed by atoms with Crippen LogP contribution in [0.5, 0.6) is 5.88 Å². The summed E-state index contributed by atoms with van der Waals surface area (Å²) in [6.45, 7) is 5.42. The van der Waals surface area contributed by atoms with Gasteiger partial charge < -0.3 is 5.11 Å². The molecule has 0 radical (unpaired) electrons. The van der Waals surface area contributed by atoms with Crippen molar-refractivity contribution in [3.8, 4) is 11.6 Å². The van der Waals surface area contributed by atoms with Gasteiger partial charge in [-0.05, 0) is 56.7 Å². The number of nitrogens with zero attached hydrogens (tertiary/aromatic N) is 3. The fraction of sp³-hybridized carbons (Fsp3) is 0.130. The summed E-state index contributed by atoms with van der Waals surface area (Å²) in [6.07, 6.45) is 1.26. The standard InChI is InChI=1S/C23H20N4O4/c1-13-7-9-16(10-8-13)27-22(30)18(15(3)25-27)12-19-20(28)24-23(31)26(21(19)29)17-6-4-5-14(2)11-17/h4-12,29H,1-3H3,(H,24,28,31). The quantitative estimate of drug-likeness (QED) is 0.640. The number of hydrogen-bond acceptors (Lipinski definition) is 5. The molecule has 2 aromatic carbocycles. The summed E-state index contributed by atoms with van der Waals surface area (Å²) in [5, 5.41) is 16.3. The molecule has 0 bridgehead atoms. The lowest BCUT2D eigenvalue weighted by Gasteiger charge is -2.12. The highest BCUT2D eigenvalue weighted by molar-refractivity contribution is 6.32. The fourth-order valence-electron chi connectivity index (χ4n) is 3.36. The molecular weight excluding hydrogens is 396 g/mol. The second-order valence-corrected chi connectivity index (χ2v) is 7.37. The summed E-state index contributed by atoms with van der Waals surface area (Å²) in [5.74, 6) is -0.991. The van der Waals surface area contributed by atoms with Crippen LogP contribution in [0.15, 0.2) is 68.8 Å². The van der Waals surface area contributed by atoms with Gasteiger partial charge in [0, 0.05) is 0 Å². The largest absolute Gasteiger partial charge is 0.494 e. The van der Waals surface area contributed by atoms with E-state index in [2.05, 4.69) is 10.1 Å². The number of aryl methyl sites for hydroxylation is 2. The fourth-order valence-corrected chi connectivity index (χ4v) is 3.36. The first-order valence-electron chi connectivity index (χ1n) is 9.60. The van der Waals surface area contributed by atoms with Crippen molar-refractivity contribution in [1.29, 1.82) is 0 Å². The number of aromatic amines is 1. The van der Waals surface area contributed by atoms with Gasteiger partial charge in [-0.25, -0.2) is 9.36 Å². The molecule has 0 unspecified atom stereocenters. The molecule has 1 aromatic heterocycles. The number of aromatic nitrogens is 2. The SMILES string of the molecule is CC1=NN(c2ccc(C)cc2)C(=O)C1=Cc1c(O)n(-c2cccc(C)c2)c(=O)[nH]c1=O. The van der Waals surface area contributed by atoms with Gasteiger partial charge in [0.1, 0.15) is 5.56 Å². The molecule has 0 spiro atoms. The topological polar surface area (TPSA) is 108 Å². The van der Waals surface area contributed by atoms with Crippen LogP contribution >= 0.6 is 0 Å². The summed E-state index contributed by atoms with van der Waals surface area (Å²) in [7, 11) is 0. The lowest BCUT2D eigenvalue weighted by atomic mass is 10.1. The Labute approximate surface area is 177 Å². The number of carbonyl (C=O) groups excluding carboxylic acids is 1. The summed E-state index contributed by atoms with van der Waals surface area (Å²) in [5.41, 5.74) is 1.65. The van der Waals surface area contributed by atoms with Crippen molar-refractivity contribution in [3.63, 3.8) is 0 Å². The van der Waals surface area contributed by atoms with Gasteiger partial charge in [0.15, 0.2) is 0 Å². The van der Waals surface area contributed by atoms with E-state index in [-0.39, 0.29) is 11.1 Å². The Bertz CT molecular complexity index is 1380. The zero-order valence-corrected chi connectivity index (χ0v) is 17.2. The van der Waals surface area contributed by atoms with Gasteiger partial charge in [-0.15, -0.1) is 0 Å². The van der Waals surface area contributed by atoms with E-state index in [1.54, 1.807) is 37.3 Å². The number of H-pyrrole nitrogens is 1. The maximum atomic E-state index is 13.0.